The number of nitrogens with zero attached hydrogens (tertiary/aromatic N) is 3. The van der Waals surface area contributed by atoms with Crippen molar-refractivity contribution in [3.05, 3.63) is 82.2 Å². The Morgan fingerprint density at radius 2 is 1.83 bits per heavy atom. The molecule has 2 aliphatic rings. The topological polar surface area (TPSA) is 111 Å². The fourth-order valence-corrected chi connectivity index (χ4v) is 6.12. The summed E-state index contributed by atoms with van der Waals surface area (Å²) in [6, 6.07) is 13.0. The molecule has 252 valence electrons. The first-order valence-corrected chi connectivity index (χ1v) is 16.9. The van der Waals surface area contributed by atoms with E-state index >= 15 is 0 Å². The van der Waals surface area contributed by atoms with Gasteiger partial charge in [-0.1, -0.05) is 49.6 Å². The molecule has 0 bridgehead atoms. The number of esters is 2. The van der Waals surface area contributed by atoms with Crippen LogP contribution < -0.4 is 0 Å². The normalized spacial score (nSPS) is 15.6. The van der Waals surface area contributed by atoms with Gasteiger partial charge in [0.05, 0.1) is 17.9 Å². The monoisotopic (exact) mass is 651 g/mol. The molecule has 1 atom stereocenters. The minimum Gasteiger partial charge on any atom is -0.461 e. The lowest BCUT2D eigenvalue weighted by Crippen LogP contribution is -2.36. The average Bonchev–Trinajstić information content (AvgIpc) is 3.45. The number of amides is 1. The lowest BCUT2D eigenvalue weighted by molar-refractivity contribution is 0.00692. The number of fused-ring (bicyclic) bond motifs is 1. The summed E-state index contributed by atoms with van der Waals surface area (Å²) in [6.45, 7) is 10.4. The second-order valence-electron chi connectivity index (χ2n) is 13.2. The molecule has 0 radical (unpaired) electrons. The Hall–Kier alpha value is -4.68. The van der Waals surface area contributed by atoms with Gasteiger partial charge in [-0.05, 0) is 101 Å². The van der Waals surface area contributed by atoms with E-state index in [2.05, 4.69) is 24.8 Å². The number of benzene rings is 2. The zero-order valence-corrected chi connectivity index (χ0v) is 28.6. The van der Waals surface area contributed by atoms with Crippen LogP contribution in [0.15, 0.2) is 48.5 Å². The van der Waals surface area contributed by atoms with Gasteiger partial charge in [-0.2, -0.15) is 5.10 Å². The third-order valence-corrected chi connectivity index (χ3v) is 8.49. The van der Waals surface area contributed by atoms with E-state index in [1.807, 2.05) is 24.3 Å². The molecule has 2 heterocycles. The maximum absolute atomic E-state index is 14.6. The number of carbonyl (C=O) groups is 3. The van der Waals surface area contributed by atoms with Gasteiger partial charge >= 0.3 is 11.9 Å². The van der Waals surface area contributed by atoms with E-state index in [9.17, 15) is 19.5 Å². The molecule has 0 spiro atoms. The van der Waals surface area contributed by atoms with Crippen molar-refractivity contribution in [3.63, 3.8) is 0 Å². The van der Waals surface area contributed by atoms with Crippen molar-refractivity contribution in [1.29, 1.82) is 0 Å². The van der Waals surface area contributed by atoms with E-state index < -0.39 is 17.5 Å². The number of rotatable bonds is 11. The van der Waals surface area contributed by atoms with Gasteiger partial charge in [0.1, 0.15) is 11.3 Å². The van der Waals surface area contributed by atoms with Crippen LogP contribution >= 0.6 is 0 Å². The number of allylic oxidation sites excluding steroid dienone is 2. The molecule has 5 rings (SSSR count). The zero-order chi connectivity index (χ0) is 34.4. The molecule has 1 amide bonds. The van der Waals surface area contributed by atoms with Gasteiger partial charge in [-0.15, -0.1) is 0 Å². The molecular weight excluding hydrogens is 606 g/mol. The van der Waals surface area contributed by atoms with E-state index in [0.717, 1.165) is 24.1 Å². The SMILES string of the molecule is CCCCc1c(-c2ccc(C(=O)OC(C)(C)C)cc2C(=O)N2CCc3ccccc3C2)c(C(=O)OCC)nn1C1=CCC(CCO)C#C1. The number of carbonyl (C=O) groups excluding carboxylic acids is 3. The number of aliphatic hydroxyl groups is 1. The summed E-state index contributed by atoms with van der Waals surface area (Å²) in [4.78, 5) is 43.3. The summed E-state index contributed by atoms with van der Waals surface area (Å²) in [7, 11) is 0. The first-order valence-electron chi connectivity index (χ1n) is 16.9. The van der Waals surface area contributed by atoms with Gasteiger partial charge in [0.15, 0.2) is 5.69 Å². The fraction of sp³-hybridized carbons (Fsp3) is 0.436. The highest BCUT2D eigenvalue weighted by molar-refractivity contribution is 6.07. The first kappa shape index (κ1) is 34.6. The van der Waals surface area contributed by atoms with Gasteiger partial charge in [0.25, 0.3) is 5.91 Å². The second kappa shape index (κ2) is 15.0. The highest BCUT2D eigenvalue weighted by atomic mass is 16.6. The van der Waals surface area contributed by atoms with Crippen molar-refractivity contribution in [2.24, 2.45) is 5.92 Å². The highest BCUT2D eigenvalue weighted by Crippen LogP contribution is 2.36. The quantitative estimate of drug-likeness (QED) is 0.187. The van der Waals surface area contributed by atoms with Crippen molar-refractivity contribution < 1.29 is 29.0 Å². The Morgan fingerprint density at radius 1 is 1.06 bits per heavy atom. The molecule has 0 fully saturated rings. The summed E-state index contributed by atoms with van der Waals surface area (Å²) in [6.07, 6.45) is 6.17. The predicted molar refractivity (Wildman–Crippen MR) is 184 cm³/mol. The fourth-order valence-electron chi connectivity index (χ4n) is 6.12. The molecular formula is C39H45N3O6. The smallest absolute Gasteiger partial charge is 0.359 e. The predicted octanol–water partition coefficient (Wildman–Crippen LogP) is 6.47. The Labute approximate surface area is 282 Å². The molecule has 1 N–H and O–H groups in total. The Morgan fingerprint density at radius 3 is 2.50 bits per heavy atom. The van der Waals surface area contributed by atoms with Gasteiger partial charge in [0, 0.05) is 36.7 Å². The average molecular weight is 652 g/mol. The van der Waals surface area contributed by atoms with Crippen molar-refractivity contribution in [3.8, 4) is 23.0 Å². The van der Waals surface area contributed by atoms with E-state index in [1.54, 1.807) is 55.5 Å². The maximum atomic E-state index is 14.6. The maximum Gasteiger partial charge on any atom is 0.359 e. The Balaban J connectivity index is 1.70. The molecule has 1 aliphatic heterocycles. The van der Waals surface area contributed by atoms with Gasteiger partial charge in [0.2, 0.25) is 0 Å². The summed E-state index contributed by atoms with van der Waals surface area (Å²) in [5.41, 5.74) is 4.54. The molecule has 9 nitrogen and oxygen atoms in total. The molecule has 0 saturated carbocycles. The van der Waals surface area contributed by atoms with Gasteiger partial charge in [-0.3, -0.25) is 4.79 Å². The molecule has 3 aromatic rings. The van der Waals surface area contributed by atoms with Crippen LogP contribution in [0.1, 0.15) is 108 Å². The molecule has 1 unspecified atom stereocenters. The van der Waals surface area contributed by atoms with Crippen LogP contribution in [0.2, 0.25) is 0 Å². The van der Waals surface area contributed by atoms with Crippen molar-refractivity contribution in [2.75, 3.05) is 19.8 Å². The zero-order valence-electron chi connectivity index (χ0n) is 28.6. The number of hydrogen-bond acceptors (Lipinski definition) is 7. The molecule has 1 aromatic heterocycles. The molecule has 1 aliphatic carbocycles. The van der Waals surface area contributed by atoms with Crippen LogP contribution in [-0.2, 0) is 28.9 Å². The summed E-state index contributed by atoms with van der Waals surface area (Å²) >= 11 is 0. The van der Waals surface area contributed by atoms with E-state index in [1.165, 1.54) is 5.56 Å². The van der Waals surface area contributed by atoms with Crippen molar-refractivity contribution in [2.45, 2.75) is 85.3 Å². The number of hydrogen-bond donors (Lipinski definition) is 1. The van der Waals surface area contributed by atoms with E-state index in [-0.39, 0.29) is 41.9 Å². The van der Waals surface area contributed by atoms with Crippen LogP contribution in [0.4, 0.5) is 0 Å². The summed E-state index contributed by atoms with van der Waals surface area (Å²) in [5, 5.41) is 14.2. The summed E-state index contributed by atoms with van der Waals surface area (Å²) in [5.74, 6) is 5.07. The van der Waals surface area contributed by atoms with Gasteiger partial charge < -0.3 is 19.5 Å². The lowest BCUT2D eigenvalue weighted by atomic mass is 9.92. The van der Waals surface area contributed by atoms with E-state index in [4.69, 9.17) is 14.6 Å². The second-order valence-corrected chi connectivity index (χ2v) is 13.2. The lowest BCUT2D eigenvalue weighted by Gasteiger charge is -2.30. The van der Waals surface area contributed by atoms with Crippen LogP contribution in [-0.4, -0.2) is 63.0 Å². The van der Waals surface area contributed by atoms with Crippen molar-refractivity contribution in [1.82, 2.24) is 14.7 Å². The highest BCUT2D eigenvalue weighted by Gasteiger charge is 2.32. The molecule has 9 heteroatoms. The molecule has 0 saturated heterocycles. The van der Waals surface area contributed by atoms with Gasteiger partial charge in [-0.25, -0.2) is 14.3 Å². The third kappa shape index (κ3) is 7.71. The van der Waals surface area contributed by atoms with Crippen LogP contribution in [0.5, 0.6) is 0 Å². The minimum absolute atomic E-state index is 0.0386. The number of aliphatic hydroxyl groups excluding tert-OH is 1. The number of unbranched alkanes of at least 4 members (excludes halogenated alkanes) is 1. The van der Waals surface area contributed by atoms with Crippen molar-refractivity contribution >= 4 is 23.5 Å². The standard InChI is InChI=1S/C39H45N3O6/c1-6-8-13-33-34(35(38(46)47-7-2)40-42(33)30-17-14-26(15-18-30)21-23-43)31-19-16-28(37(45)48-39(3,4)5)24-32(31)36(44)41-22-20-27-11-9-10-12-29(27)25-41/h9-12,16-17,19,24,26,43H,6-8,13-14,20-23,25H2,1-5H3. The molecule has 48 heavy (non-hydrogen) atoms. The van der Waals surface area contributed by atoms with Crippen LogP contribution in [0, 0.1) is 17.8 Å². The number of ether oxygens (including phenoxy) is 2. The third-order valence-electron chi connectivity index (χ3n) is 8.49. The Bertz CT molecular complexity index is 1780. The van der Waals surface area contributed by atoms with Crippen LogP contribution in [0.3, 0.4) is 0 Å². The summed E-state index contributed by atoms with van der Waals surface area (Å²) < 4.78 is 12.9. The van der Waals surface area contributed by atoms with E-state index in [0.29, 0.717) is 55.6 Å². The first-order chi connectivity index (χ1) is 23.0. The van der Waals surface area contributed by atoms with Crippen LogP contribution in [0.25, 0.3) is 16.8 Å². The molecule has 2 aromatic carbocycles. The largest absolute Gasteiger partial charge is 0.461 e. The Kier molecular flexibility index (Phi) is 10.9. The minimum atomic E-state index is -0.729. The number of aromatic nitrogens is 2.